The summed E-state index contributed by atoms with van der Waals surface area (Å²) in [6, 6.07) is 76.2. The van der Waals surface area contributed by atoms with Gasteiger partial charge in [0.2, 0.25) is 5.96 Å². The standard InChI is InChI=1S/C59H48N4/c1-59(2,51-24-10-5-11-25-51)55-40-45(31-39-57(55)62-58(60)61-56(48-20-8-4-9-21-48)38-30-43-16-6-3-7-17-43)27-26-44-28-34-52(35-29-44)63(53-36-32-46-18-12-14-22-49(46)41-53)54-37-33-47-19-13-15-23-50(47)42-54/h3-42H,1-2H3,(H2,60,62)/b27-26+,38-30+,61-56?. The lowest BCUT2D eigenvalue weighted by atomic mass is 9.76. The summed E-state index contributed by atoms with van der Waals surface area (Å²) in [5, 5.41) is 17.3. The van der Waals surface area contributed by atoms with E-state index in [1.54, 1.807) is 0 Å². The number of rotatable bonds is 11. The number of nitrogens with one attached hydrogen (secondary N) is 2. The first-order valence-electron chi connectivity index (χ1n) is 21.4. The first kappa shape index (κ1) is 40.3. The number of fused-ring (bicyclic) bond motifs is 2. The second-order valence-corrected chi connectivity index (χ2v) is 16.2. The van der Waals surface area contributed by atoms with Gasteiger partial charge in [-0.1, -0.05) is 202 Å². The summed E-state index contributed by atoms with van der Waals surface area (Å²) in [6.45, 7) is 4.47. The molecule has 9 rings (SSSR count). The van der Waals surface area contributed by atoms with Crippen LogP contribution in [0.1, 0.15) is 47.2 Å². The maximum absolute atomic E-state index is 9.12. The Kier molecular flexibility index (Phi) is 11.7. The lowest BCUT2D eigenvalue weighted by Crippen LogP contribution is -2.22. The molecule has 0 aliphatic carbocycles. The van der Waals surface area contributed by atoms with Crippen LogP contribution in [0.15, 0.2) is 229 Å². The smallest absolute Gasteiger partial charge is 0.220 e. The van der Waals surface area contributed by atoms with Gasteiger partial charge in [0, 0.05) is 33.7 Å². The van der Waals surface area contributed by atoms with Crippen molar-refractivity contribution in [3.05, 3.63) is 258 Å². The van der Waals surface area contributed by atoms with Gasteiger partial charge in [-0.2, -0.15) is 0 Å². The minimum atomic E-state index is -0.385. The molecular formula is C59H48N4. The summed E-state index contributed by atoms with van der Waals surface area (Å²) in [6.07, 6.45) is 8.34. The van der Waals surface area contributed by atoms with Gasteiger partial charge in [-0.3, -0.25) is 5.41 Å². The van der Waals surface area contributed by atoms with Gasteiger partial charge in [-0.25, -0.2) is 4.99 Å². The van der Waals surface area contributed by atoms with Gasteiger partial charge in [0.1, 0.15) is 0 Å². The van der Waals surface area contributed by atoms with Crippen molar-refractivity contribution in [2.45, 2.75) is 19.3 Å². The van der Waals surface area contributed by atoms with Crippen LogP contribution in [0.5, 0.6) is 0 Å². The molecule has 0 heterocycles. The van der Waals surface area contributed by atoms with Crippen molar-refractivity contribution in [2.75, 3.05) is 10.2 Å². The second kappa shape index (κ2) is 18.3. The first-order chi connectivity index (χ1) is 30.9. The number of guanidine groups is 1. The van der Waals surface area contributed by atoms with Crippen molar-refractivity contribution >= 4 is 74.2 Å². The maximum Gasteiger partial charge on any atom is 0.220 e. The summed E-state index contributed by atoms with van der Waals surface area (Å²) in [7, 11) is 0. The molecule has 0 saturated carbocycles. The molecule has 0 aliphatic heterocycles. The van der Waals surface area contributed by atoms with Crippen LogP contribution in [-0.2, 0) is 5.41 Å². The quantitative estimate of drug-likeness (QED) is 0.0776. The maximum atomic E-state index is 9.12. The van der Waals surface area contributed by atoms with E-state index in [2.05, 4.69) is 200 Å². The van der Waals surface area contributed by atoms with Gasteiger partial charge in [-0.05, 0) is 104 Å². The van der Waals surface area contributed by atoms with Gasteiger partial charge >= 0.3 is 0 Å². The lowest BCUT2D eigenvalue weighted by molar-refractivity contribution is 0.643. The Balaban J connectivity index is 1.02. The Morgan fingerprint density at radius 3 is 1.59 bits per heavy atom. The van der Waals surface area contributed by atoms with E-state index in [9.17, 15) is 0 Å². The highest BCUT2D eigenvalue weighted by molar-refractivity contribution is 6.16. The molecule has 0 bridgehead atoms. The van der Waals surface area contributed by atoms with Crippen LogP contribution in [0, 0.1) is 5.41 Å². The largest absolute Gasteiger partial charge is 0.324 e. The zero-order valence-electron chi connectivity index (χ0n) is 35.5. The highest BCUT2D eigenvalue weighted by Crippen LogP contribution is 2.39. The van der Waals surface area contributed by atoms with Crippen LogP contribution >= 0.6 is 0 Å². The Morgan fingerprint density at radius 1 is 0.476 bits per heavy atom. The predicted molar refractivity (Wildman–Crippen MR) is 270 cm³/mol. The van der Waals surface area contributed by atoms with Crippen LogP contribution in [0.25, 0.3) is 39.8 Å². The lowest BCUT2D eigenvalue weighted by Gasteiger charge is -2.29. The van der Waals surface area contributed by atoms with Gasteiger partial charge in [0.05, 0.1) is 5.71 Å². The Labute approximate surface area is 370 Å². The second-order valence-electron chi connectivity index (χ2n) is 16.2. The highest BCUT2D eigenvalue weighted by Gasteiger charge is 2.26. The van der Waals surface area contributed by atoms with Crippen LogP contribution in [0.2, 0.25) is 0 Å². The normalized spacial score (nSPS) is 12.0. The Bertz CT molecular complexity index is 3030. The average molecular weight is 813 g/mol. The molecule has 0 amide bonds. The molecule has 4 nitrogen and oxygen atoms in total. The number of hydrogen-bond donors (Lipinski definition) is 2. The molecule has 0 radical (unpaired) electrons. The highest BCUT2D eigenvalue weighted by atomic mass is 15.1. The fourth-order valence-electron chi connectivity index (χ4n) is 8.13. The topological polar surface area (TPSA) is 51.5 Å². The van der Waals surface area contributed by atoms with Crippen LogP contribution in [0.4, 0.5) is 22.7 Å². The molecule has 0 spiro atoms. The minimum Gasteiger partial charge on any atom is -0.324 e. The zero-order chi connectivity index (χ0) is 43.0. The van der Waals surface area contributed by atoms with E-state index in [4.69, 9.17) is 10.4 Å². The summed E-state index contributed by atoms with van der Waals surface area (Å²) in [4.78, 5) is 7.15. The number of anilines is 4. The molecule has 304 valence electrons. The summed E-state index contributed by atoms with van der Waals surface area (Å²) in [5.41, 5.74) is 10.8. The molecule has 9 aromatic carbocycles. The number of aliphatic imine (C=N–C) groups is 1. The third kappa shape index (κ3) is 9.31. The number of hydrogen-bond acceptors (Lipinski definition) is 2. The van der Waals surface area contributed by atoms with E-state index in [1.807, 2.05) is 66.7 Å². The molecule has 9 aromatic rings. The summed E-state index contributed by atoms with van der Waals surface area (Å²) >= 11 is 0. The van der Waals surface area contributed by atoms with Crippen molar-refractivity contribution < 1.29 is 0 Å². The average Bonchev–Trinajstić information content (AvgIpc) is 3.33. The van der Waals surface area contributed by atoms with Crippen molar-refractivity contribution in [2.24, 2.45) is 4.99 Å². The van der Waals surface area contributed by atoms with Crippen LogP contribution in [0.3, 0.4) is 0 Å². The van der Waals surface area contributed by atoms with Crippen LogP contribution in [-0.4, -0.2) is 11.7 Å². The van der Waals surface area contributed by atoms with Gasteiger partial charge in [0.25, 0.3) is 0 Å². The Hall–Kier alpha value is -8.08. The van der Waals surface area contributed by atoms with E-state index in [0.717, 1.165) is 50.6 Å². The SMILES string of the molecule is CC(C)(c1ccccc1)c1cc(/C=C/c2ccc(N(c3ccc4ccccc4c3)c3ccc4ccccc4c3)cc2)ccc1NC(=N)N=C(/C=C/c1ccccc1)c1ccccc1. The fourth-order valence-corrected chi connectivity index (χ4v) is 8.13. The third-order valence-electron chi connectivity index (χ3n) is 11.6. The Morgan fingerprint density at radius 2 is 0.968 bits per heavy atom. The fraction of sp³-hybridized carbons (Fsp3) is 0.0508. The molecule has 63 heavy (non-hydrogen) atoms. The first-order valence-corrected chi connectivity index (χ1v) is 21.4. The van der Waals surface area contributed by atoms with E-state index in [1.165, 1.54) is 27.1 Å². The molecular weight excluding hydrogens is 765 g/mol. The van der Waals surface area contributed by atoms with E-state index >= 15 is 0 Å². The minimum absolute atomic E-state index is 0.0569. The van der Waals surface area contributed by atoms with E-state index in [-0.39, 0.29) is 11.4 Å². The van der Waals surface area contributed by atoms with Gasteiger partial charge in [0.15, 0.2) is 0 Å². The van der Waals surface area contributed by atoms with Crippen molar-refractivity contribution in [1.29, 1.82) is 5.41 Å². The molecule has 0 atom stereocenters. The van der Waals surface area contributed by atoms with Crippen LogP contribution < -0.4 is 10.2 Å². The monoisotopic (exact) mass is 812 g/mol. The molecule has 2 N–H and O–H groups in total. The molecule has 4 heteroatoms. The van der Waals surface area contributed by atoms with Crippen molar-refractivity contribution in [1.82, 2.24) is 0 Å². The van der Waals surface area contributed by atoms with E-state index in [0.29, 0.717) is 5.71 Å². The number of nitrogens with zero attached hydrogens (tertiary/aromatic N) is 2. The van der Waals surface area contributed by atoms with Crippen molar-refractivity contribution in [3.8, 4) is 0 Å². The van der Waals surface area contributed by atoms with Gasteiger partial charge in [-0.15, -0.1) is 0 Å². The molecule has 0 aromatic heterocycles. The van der Waals surface area contributed by atoms with E-state index < -0.39 is 0 Å². The number of allylic oxidation sites excluding steroid dienone is 1. The molecule has 0 aliphatic rings. The number of benzene rings is 9. The molecule has 0 fully saturated rings. The predicted octanol–water partition coefficient (Wildman–Crippen LogP) is 15.5. The van der Waals surface area contributed by atoms with Crippen molar-refractivity contribution in [3.63, 3.8) is 0 Å². The molecule has 0 unspecified atom stereocenters. The summed E-state index contributed by atoms with van der Waals surface area (Å²) in [5.74, 6) is 0.0569. The van der Waals surface area contributed by atoms with Gasteiger partial charge < -0.3 is 10.2 Å². The third-order valence-corrected chi connectivity index (χ3v) is 11.6. The molecule has 0 saturated heterocycles. The summed E-state index contributed by atoms with van der Waals surface area (Å²) < 4.78 is 0. The zero-order valence-corrected chi connectivity index (χ0v) is 35.5.